The molecule has 0 spiro atoms. The molecular weight excluding hydrogens is 358 g/mol. The first-order valence-electron chi connectivity index (χ1n) is 8.06. The predicted molar refractivity (Wildman–Crippen MR) is 97.5 cm³/mol. The third-order valence-corrected chi connectivity index (χ3v) is 4.07. The van der Waals surface area contributed by atoms with Crippen LogP contribution in [0.4, 0.5) is 17.5 Å². The summed E-state index contributed by atoms with van der Waals surface area (Å²) in [6.45, 7) is 0.865. The monoisotopic (exact) mass is 373 g/mol. The lowest BCUT2D eigenvalue weighted by Gasteiger charge is -2.12. The van der Waals surface area contributed by atoms with Gasteiger partial charge in [0.2, 0.25) is 5.88 Å². The van der Waals surface area contributed by atoms with Crippen molar-refractivity contribution in [2.75, 3.05) is 30.8 Å². The summed E-state index contributed by atoms with van der Waals surface area (Å²) in [7, 11) is 1.77. The first kappa shape index (κ1) is 16.4. The Morgan fingerprint density at radius 3 is 2.96 bits per heavy atom. The topological polar surface area (TPSA) is 105 Å². The number of hydrogen-bond donors (Lipinski definition) is 3. The molecule has 1 amide bonds. The molecule has 1 aliphatic heterocycles. The molecule has 26 heavy (non-hydrogen) atoms. The number of pyridine rings is 1. The van der Waals surface area contributed by atoms with E-state index in [0.717, 1.165) is 0 Å². The molecule has 4 bridgehead atoms. The minimum absolute atomic E-state index is 0.233. The molecule has 0 aromatic carbocycles. The van der Waals surface area contributed by atoms with Gasteiger partial charge in [0.05, 0.1) is 12.8 Å². The highest BCUT2D eigenvalue weighted by atomic mass is 35.5. The SMILES string of the molecule is CNc1cc2nc3c(cnn13)C(=O)NCCCOc1cc(Cl)cc(n1)N2. The zero-order valence-electron chi connectivity index (χ0n) is 13.9. The molecule has 4 heterocycles. The van der Waals surface area contributed by atoms with Gasteiger partial charge in [0, 0.05) is 30.7 Å². The lowest BCUT2D eigenvalue weighted by atomic mass is 10.3. The summed E-state index contributed by atoms with van der Waals surface area (Å²) >= 11 is 6.16. The van der Waals surface area contributed by atoms with Gasteiger partial charge in [-0.3, -0.25) is 4.79 Å². The van der Waals surface area contributed by atoms with Crippen molar-refractivity contribution in [3.63, 3.8) is 0 Å². The molecule has 9 nitrogen and oxygen atoms in total. The molecule has 0 radical (unpaired) electrons. The Morgan fingerprint density at radius 1 is 1.27 bits per heavy atom. The van der Waals surface area contributed by atoms with Gasteiger partial charge in [-0.2, -0.15) is 14.6 Å². The molecule has 0 unspecified atom stereocenters. The Kier molecular flexibility index (Phi) is 4.21. The Balaban J connectivity index is 1.86. The van der Waals surface area contributed by atoms with Crippen LogP contribution < -0.4 is 20.7 Å². The molecular formula is C16H16ClN7O2. The van der Waals surface area contributed by atoms with Gasteiger partial charge < -0.3 is 20.7 Å². The molecule has 1 aliphatic rings. The van der Waals surface area contributed by atoms with Crippen molar-refractivity contribution in [3.05, 3.63) is 35.0 Å². The quantitative estimate of drug-likeness (QED) is 0.599. The second kappa shape index (κ2) is 6.68. The maximum absolute atomic E-state index is 12.5. The number of aromatic nitrogens is 4. The van der Waals surface area contributed by atoms with Crippen molar-refractivity contribution >= 4 is 40.6 Å². The van der Waals surface area contributed by atoms with Crippen molar-refractivity contribution in [3.8, 4) is 5.88 Å². The van der Waals surface area contributed by atoms with E-state index in [-0.39, 0.29) is 5.91 Å². The molecule has 4 rings (SSSR count). The fraction of sp³-hybridized carbons (Fsp3) is 0.250. The second-order valence-corrected chi connectivity index (χ2v) is 6.10. The van der Waals surface area contributed by atoms with Crippen LogP contribution in [-0.4, -0.2) is 45.7 Å². The van der Waals surface area contributed by atoms with Crippen LogP contribution in [0.25, 0.3) is 5.65 Å². The van der Waals surface area contributed by atoms with Crippen molar-refractivity contribution in [2.45, 2.75) is 6.42 Å². The highest BCUT2D eigenvalue weighted by Crippen LogP contribution is 2.25. The van der Waals surface area contributed by atoms with E-state index >= 15 is 0 Å². The van der Waals surface area contributed by atoms with E-state index < -0.39 is 0 Å². The molecule has 134 valence electrons. The van der Waals surface area contributed by atoms with E-state index in [2.05, 4.69) is 31.0 Å². The Morgan fingerprint density at radius 2 is 2.12 bits per heavy atom. The predicted octanol–water partition coefficient (Wildman–Crippen LogP) is 2.08. The summed E-state index contributed by atoms with van der Waals surface area (Å²) in [5.41, 5.74) is 0.829. The second-order valence-electron chi connectivity index (χ2n) is 5.66. The molecule has 0 saturated carbocycles. The Labute approximate surface area is 153 Å². The standard InChI is InChI=1S/C16H16ClN7O2/c1-18-13-7-12-21-11-5-9(17)6-14(22-11)26-4-2-3-19-16(25)10-8-20-24(13)15(10)23-12/h5-8,18H,2-4H2,1H3,(H,19,25)(H,21,22,23). The molecule has 0 saturated heterocycles. The fourth-order valence-corrected chi connectivity index (χ4v) is 2.85. The van der Waals surface area contributed by atoms with Crippen LogP contribution in [0.5, 0.6) is 5.88 Å². The Bertz CT molecular complexity index is 988. The lowest BCUT2D eigenvalue weighted by molar-refractivity contribution is 0.0953. The van der Waals surface area contributed by atoms with Gasteiger partial charge in [-0.05, 0) is 12.5 Å². The highest BCUT2D eigenvalue weighted by molar-refractivity contribution is 6.30. The van der Waals surface area contributed by atoms with Crippen molar-refractivity contribution in [1.29, 1.82) is 0 Å². The zero-order valence-corrected chi connectivity index (χ0v) is 14.7. The maximum atomic E-state index is 12.5. The van der Waals surface area contributed by atoms with E-state index in [1.807, 2.05) is 0 Å². The number of fused-ring (bicyclic) bond motifs is 3. The largest absolute Gasteiger partial charge is 0.478 e. The zero-order chi connectivity index (χ0) is 18.1. The Hall–Kier alpha value is -3.07. The van der Waals surface area contributed by atoms with Crippen molar-refractivity contribution < 1.29 is 9.53 Å². The number of nitrogens with zero attached hydrogens (tertiary/aromatic N) is 4. The van der Waals surface area contributed by atoms with Crippen LogP contribution in [0.1, 0.15) is 16.8 Å². The number of carbonyl (C=O) groups excluding carboxylic acids is 1. The number of rotatable bonds is 1. The average Bonchev–Trinajstić information content (AvgIpc) is 3.03. The van der Waals surface area contributed by atoms with E-state index in [1.54, 1.807) is 29.8 Å². The first-order valence-corrected chi connectivity index (χ1v) is 8.44. The van der Waals surface area contributed by atoms with Crippen LogP contribution in [-0.2, 0) is 0 Å². The average molecular weight is 374 g/mol. The molecule has 0 atom stereocenters. The van der Waals surface area contributed by atoms with Gasteiger partial charge in [-0.1, -0.05) is 11.6 Å². The van der Waals surface area contributed by atoms with Crippen LogP contribution >= 0.6 is 11.6 Å². The molecule has 0 aliphatic carbocycles. The van der Waals surface area contributed by atoms with Gasteiger partial charge in [0.25, 0.3) is 5.91 Å². The number of nitrogens with one attached hydrogen (secondary N) is 3. The summed E-state index contributed by atoms with van der Waals surface area (Å²) in [6, 6.07) is 5.08. The number of amides is 1. The first-order chi connectivity index (χ1) is 12.6. The number of ether oxygens (including phenoxy) is 1. The molecule has 3 N–H and O–H groups in total. The van der Waals surface area contributed by atoms with Gasteiger partial charge in [0.15, 0.2) is 5.65 Å². The molecule has 3 aromatic heterocycles. The van der Waals surface area contributed by atoms with Crippen LogP contribution in [0.2, 0.25) is 5.02 Å². The van der Waals surface area contributed by atoms with Gasteiger partial charge in [-0.25, -0.2) is 4.98 Å². The van der Waals surface area contributed by atoms with Crippen molar-refractivity contribution in [2.24, 2.45) is 0 Å². The number of halogens is 1. The molecule has 0 fully saturated rings. The number of anilines is 3. The lowest BCUT2D eigenvalue weighted by Crippen LogP contribution is -2.25. The number of carbonyl (C=O) groups is 1. The van der Waals surface area contributed by atoms with Crippen LogP contribution in [0.15, 0.2) is 24.4 Å². The molecule has 3 aromatic rings. The summed E-state index contributed by atoms with van der Waals surface area (Å²) in [4.78, 5) is 21.4. The van der Waals surface area contributed by atoms with Gasteiger partial charge in [0.1, 0.15) is 23.0 Å². The normalized spacial score (nSPS) is 14.3. The summed E-state index contributed by atoms with van der Waals surface area (Å²) < 4.78 is 7.19. The van der Waals surface area contributed by atoms with Crippen LogP contribution in [0.3, 0.4) is 0 Å². The fourth-order valence-electron chi connectivity index (χ4n) is 2.65. The van der Waals surface area contributed by atoms with E-state index in [0.29, 0.717) is 59.1 Å². The summed E-state index contributed by atoms with van der Waals surface area (Å²) in [6.07, 6.45) is 2.13. The number of hydrogen-bond acceptors (Lipinski definition) is 7. The maximum Gasteiger partial charge on any atom is 0.256 e. The van der Waals surface area contributed by atoms with Gasteiger partial charge in [-0.15, -0.1) is 0 Å². The summed E-state index contributed by atoms with van der Waals surface area (Å²) in [5.74, 6) is 1.83. The third kappa shape index (κ3) is 3.08. The highest BCUT2D eigenvalue weighted by Gasteiger charge is 2.17. The minimum atomic E-state index is -0.233. The van der Waals surface area contributed by atoms with E-state index in [1.165, 1.54) is 6.20 Å². The third-order valence-electron chi connectivity index (χ3n) is 3.85. The van der Waals surface area contributed by atoms with E-state index in [4.69, 9.17) is 16.3 Å². The molecule has 10 heteroatoms. The minimum Gasteiger partial charge on any atom is -0.478 e. The van der Waals surface area contributed by atoms with Crippen molar-refractivity contribution in [1.82, 2.24) is 24.9 Å². The summed E-state index contributed by atoms with van der Waals surface area (Å²) in [5, 5.41) is 13.7. The van der Waals surface area contributed by atoms with Gasteiger partial charge >= 0.3 is 0 Å². The van der Waals surface area contributed by atoms with Crippen LogP contribution in [0, 0.1) is 0 Å². The smallest absolute Gasteiger partial charge is 0.256 e. The van der Waals surface area contributed by atoms with E-state index in [9.17, 15) is 4.79 Å².